The van der Waals surface area contributed by atoms with E-state index in [4.69, 9.17) is 10.5 Å². The molecule has 1 amide bonds. The third kappa shape index (κ3) is 2.91. The van der Waals surface area contributed by atoms with Crippen LogP contribution in [0.4, 0.5) is 17.1 Å². The second-order valence-electron chi connectivity index (χ2n) is 5.11. The third-order valence-electron chi connectivity index (χ3n) is 3.39. The van der Waals surface area contributed by atoms with Crippen molar-refractivity contribution >= 4 is 23.0 Å². The zero-order valence-electron chi connectivity index (χ0n) is 11.8. The molecule has 108 valence electrons. The van der Waals surface area contributed by atoms with Gasteiger partial charge in [-0.2, -0.15) is 0 Å². The van der Waals surface area contributed by atoms with Gasteiger partial charge in [0, 0.05) is 12.6 Å². The Morgan fingerprint density at radius 1 is 1.29 bits per heavy atom. The first-order valence-electron chi connectivity index (χ1n) is 6.77. The van der Waals surface area contributed by atoms with Crippen LogP contribution in [0.5, 0.6) is 5.75 Å². The van der Waals surface area contributed by atoms with Crippen LogP contribution in [0.1, 0.15) is 11.1 Å². The van der Waals surface area contributed by atoms with E-state index in [1.165, 1.54) is 5.56 Å². The molecule has 21 heavy (non-hydrogen) atoms. The fourth-order valence-electron chi connectivity index (χ4n) is 2.20. The molecule has 0 aromatic heterocycles. The molecule has 0 saturated heterocycles. The number of benzene rings is 2. The Balaban J connectivity index is 1.77. The molecule has 1 aliphatic rings. The van der Waals surface area contributed by atoms with Crippen molar-refractivity contribution in [3.05, 3.63) is 47.5 Å². The number of ether oxygens (including phenoxy) is 1. The number of anilines is 3. The molecule has 0 bridgehead atoms. The highest BCUT2D eigenvalue weighted by molar-refractivity contribution is 5.97. The van der Waals surface area contributed by atoms with Gasteiger partial charge < -0.3 is 21.1 Å². The van der Waals surface area contributed by atoms with Crippen molar-refractivity contribution in [3.63, 3.8) is 0 Å². The first-order chi connectivity index (χ1) is 10.1. The molecule has 0 fully saturated rings. The summed E-state index contributed by atoms with van der Waals surface area (Å²) in [7, 11) is 0. The van der Waals surface area contributed by atoms with Crippen molar-refractivity contribution in [2.75, 3.05) is 23.0 Å². The lowest BCUT2D eigenvalue weighted by Crippen LogP contribution is -2.25. The molecule has 3 rings (SSSR count). The van der Waals surface area contributed by atoms with Gasteiger partial charge in [0.25, 0.3) is 5.91 Å². The molecule has 0 radical (unpaired) electrons. The highest BCUT2D eigenvalue weighted by atomic mass is 16.5. The van der Waals surface area contributed by atoms with Gasteiger partial charge in [0.05, 0.1) is 17.1 Å². The second kappa shape index (κ2) is 5.36. The van der Waals surface area contributed by atoms with Gasteiger partial charge >= 0.3 is 0 Å². The Morgan fingerprint density at radius 2 is 2.05 bits per heavy atom. The molecule has 1 aliphatic heterocycles. The summed E-state index contributed by atoms with van der Waals surface area (Å²) in [5.74, 6) is 0.449. The van der Waals surface area contributed by atoms with Crippen molar-refractivity contribution in [2.24, 2.45) is 0 Å². The Labute approximate surface area is 123 Å². The maximum atomic E-state index is 11.3. The van der Waals surface area contributed by atoms with Crippen LogP contribution in [0.2, 0.25) is 0 Å². The number of hydrogen-bond acceptors (Lipinski definition) is 4. The van der Waals surface area contributed by atoms with E-state index in [1.807, 2.05) is 0 Å². The number of nitrogens with one attached hydrogen (secondary N) is 2. The zero-order chi connectivity index (χ0) is 14.8. The van der Waals surface area contributed by atoms with Gasteiger partial charge in [-0.3, -0.25) is 4.79 Å². The average Bonchev–Trinajstić information content (AvgIpc) is 2.47. The lowest BCUT2D eigenvalue weighted by Gasteiger charge is -2.20. The number of rotatable bonds is 3. The van der Waals surface area contributed by atoms with Gasteiger partial charge in [0.2, 0.25) is 0 Å². The fraction of sp³-hybridized carbons (Fsp3) is 0.188. The number of carbonyl (C=O) groups excluding carboxylic acids is 1. The Hall–Kier alpha value is -2.69. The molecule has 5 heteroatoms. The lowest BCUT2D eigenvalue weighted by atomic mass is 10.1. The van der Waals surface area contributed by atoms with Crippen LogP contribution < -0.4 is 21.1 Å². The summed E-state index contributed by atoms with van der Waals surface area (Å²) in [6.07, 6.45) is 0. The Kier molecular flexibility index (Phi) is 3.39. The van der Waals surface area contributed by atoms with Crippen LogP contribution in [0.15, 0.2) is 36.4 Å². The van der Waals surface area contributed by atoms with Gasteiger partial charge in [-0.15, -0.1) is 0 Å². The van der Waals surface area contributed by atoms with Gasteiger partial charge in [0.1, 0.15) is 5.75 Å². The molecule has 0 unspecified atom stereocenters. The van der Waals surface area contributed by atoms with Crippen LogP contribution in [-0.2, 0) is 11.3 Å². The summed E-state index contributed by atoms with van der Waals surface area (Å²) < 4.78 is 5.33. The van der Waals surface area contributed by atoms with Crippen LogP contribution in [-0.4, -0.2) is 12.5 Å². The number of hydrogen-bond donors (Lipinski definition) is 3. The van der Waals surface area contributed by atoms with Crippen molar-refractivity contribution in [1.29, 1.82) is 0 Å². The maximum Gasteiger partial charge on any atom is 0.262 e. The molecule has 2 aromatic carbocycles. The number of amides is 1. The maximum absolute atomic E-state index is 11.3. The minimum absolute atomic E-state index is 0.0303. The van der Waals surface area contributed by atoms with E-state index in [9.17, 15) is 4.79 Å². The average molecular weight is 283 g/mol. The van der Waals surface area contributed by atoms with Gasteiger partial charge in [-0.1, -0.05) is 29.8 Å². The summed E-state index contributed by atoms with van der Waals surface area (Å²) in [5, 5.41) is 6.06. The van der Waals surface area contributed by atoms with Crippen LogP contribution in [0, 0.1) is 6.92 Å². The highest BCUT2D eigenvalue weighted by Crippen LogP contribution is 2.35. The van der Waals surface area contributed by atoms with Crippen LogP contribution in [0.25, 0.3) is 0 Å². The van der Waals surface area contributed by atoms with E-state index in [2.05, 4.69) is 41.8 Å². The van der Waals surface area contributed by atoms with E-state index < -0.39 is 0 Å². The SMILES string of the molecule is Cc1ccc(CNc2cc3c(cc2N)OCC(=O)N3)cc1. The van der Waals surface area contributed by atoms with Gasteiger partial charge in [-0.05, 0) is 18.6 Å². The first-order valence-corrected chi connectivity index (χ1v) is 6.77. The van der Waals surface area contributed by atoms with Crippen molar-refractivity contribution in [2.45, 2.75) is 13.5 Å². The third-order valence-corrected chi connectivity index (χ3v) is 3.39. The van der Waals surface area contributed by atoms with E-state index in [1.54, 1.807) is 12.1 Å². The molecule has 0 atom stereocenters. The number of aryl methyl sites for hydroxylation is 1. The molecule has 0 aliphatic carbocycles. The molecule has 4 N–H and O–H groups in total. The van der Waals surface area contributed by atoms with Gasteiger partial charge in [-0.25, -0.2) is 0 Å². The van der Waals surface area contributed by atoms with E-state index in [0.29, 0.717) is 23.7 Å². The minimum Gasteiger partial charge on any atom is -0.482 e. The smallest absolute Gasteiger partial charge is 0.262 e. The zero-order valence-corrected chi connectivity index (χ0v) is 11.8. The second-order valence-corrected chi connectivity index (χ2v) is 5.11. The molecular weight excluding hydrogens is 266 g/mol. The molecule has 5 nitrogen and oxygen atoms in total. The largest absolute Gasteiger partial charge is 0.482 e. The molecule has 2 aromatic rings. The minimum atomic E-state index is -0.156. The first kappa shape index (κ1) is 13.3. The predicted octanol–water partition coefficient (Wildman–Crippen LogP) is 2.52. The highest BCUT2D eigenvalue weighted by Gasteiger charge is 2.17. The quantitative estimate of drug-likeness (QED) is 0.757. The lowest BCUT2D eigenvalue weighted by molar-refractivity contribution is -0.118. The van der Waals surface area contributed by atoms with Crippen molar-refractivity contribution in [1.82, 2.24) is 0 Å². The number of nitrogens with two attached hydrogens (primary N) is 1. The molecule has 1 heterocycles. The monoisotopic (exact) mass is 283 g/mol. The summed E-state index contributed by atoms with van der Waals surface area (Å²) in [4.78, 5) is 11.3. The summed E-state index contributed by atoms with van der Waals surface area (Å²) in [5.41, 5.74) is 10.4. The molecule has 0 saturated carbocycles. The molecular formula is C16H17N3O2. The van der Waals surface area contributed by atoms with Gasteiger partial charge in [0.15, 0.2) is 6.61 Å². The number of carbonyl (C=O) groups is 1. The van der Waals surface area contributed by atoms with E-state index >= 15 is 0 Å². The number of fused-ring (bicyclic) bond motifs is 1. The van der Waals surface area contributed by atoms with E-state index in [0.717, 1.165) is 11.3 Å². The Morgan fingerprint density at radius 3 is 2.81 bits per heavy atom. The van der Waals surface area contributed by atoms with Crippen molar-refractivity contribution in [3.8, 4) is 5.75 Å². The van der Waals surface area contributed by atoms with Crippen LogP contribution in [0.3, 0.4) is 0 Å². The normalized spacial score (nSPS) is 13.1. The topological polar surface area (TPSA) is 76.4 Å². The summed E-state index contributed by atoms with van der Waals surface area (Å²) in [6, 6.07) is 11.8. The summed E-state index contributed by atoms with van der Waals surface area (Å²) in [6.45, 7) is 2.75. The van der Waals surface area contributed by atoms with Crippen LogP contribution >= 0.6 is 0 Å². The standard InChI is InChI=1S/C16H17N3O2/c1-10-2-4-11(5-3-10)8-18-13-7-14-15(6-12(13)17)21-9-16(20)19-14/h2-7,18H,8-9,17H2,1H3,(H,19,20). The molecule has 0 spiro atoms. The fourth-order valence-corrected chi connectivity index (χ4v) is 2.20. The van der Waals surface area contributed by atoms with E-state index in [-0.39, 0.29) is 12.5 Å². The van der Waals surface area contributed by atoms with Crippen molar-refractivity contribution < 1.29 is 9.53 Å². The Bertz CT molecular complexity index is 681. The summed E-state index contributed by atoms with van der Waals surface area (Å²) >= 11 is 0. The number of nitrogen functional groups attached to an aromatic ring is 1. The predicted molar refractivity (Wildman–Crippen MR) is 83.5 cm³/mol.